The predicted molar refractivity (Wildman–Crippen MR) is 80.0 cm³/mol. The molecular weight excluding hydrogens is 234 g/mol. The predicted octanol–water partition coefficient (Wildman–Crippen LogP) is 2.41. The molecule has 1 saturated heterocycles. The van der Waals surface area contributed by atoms with Crippen molar-refractivity contribution in [1.82, 2.24) is 9.88 Å². The van der Waals surface area contributed by atoms with Crippen LogP contribution in [-0.4, -0.2) is 43.1 Å². The van der Waals surface area contributed by atoms with Crippen molar-refractivity contribution < 1.29 is 0 Å². The van der Waals surface area contributed by atoms with Gasteiger partial charge in [0.15, 0.2) is 0 Å². The van der Waals surface area contributed by atoms with Crippen LogP contribution in [0.25, 0.3) is 10.9 Å². The quantitative estimate of drug-likeness (QED) is 0.845. The molecular formula is C16H21N3. The summed E-state index contributed by atoms with van der Waals surface area (Å²) in [7, 11) is 2.22. The van der Waals surface area contributed by atoms with Gasteiger partial charge in [-0.3, -0.25) is 0 Å². The maximum Gasteiger partial charge on any atom is 0.0479 e. The van der Waals surface area contributed by atoms with Gasteiger partial charge < -0.3 is 14.8 Å². The number of rotatable bonds is 1. The van der Waals surface area contributed by atoms with Crippen molar-refractivity contribution in [1.29, 1.82) is 0 Å². The van der Waals surface area contributed by atoms with E-state index in [0.29, 0.717) is 0 Å². The highest BCUT2D eigenvalue weighted by molar-refractivity contribution is 5.88. The van der Waals surface area contributed by atoms with Crippen LogP contribution in [0.2, 0.25) is 0 Å². The van der Waals surface area contributed by atoms with E-state index in [-0.39, 0.29) is 0 Å². The van der Waals surface area contributed by atoms with Crippen molar-refractivity contribution in [2.75, 3.05) is 38.1 Å². The maximum atomic E-state index is 3.67. The lowest BCUT2D eigenvalue weighted by atomic mass is 10.1. The SMILES string of the molecule is CN1CCc2[nH]c3cc(N4CCC4)ccc3c2CC1. The van der Waals surface area contributed by atoms with E-state index in [1.165, 1.54) is 61.3 Å². The summed E-state index contributed by atoms with van der Waals surface area (Å²) in [5.74, 6) is 0. The fourth-order valence-corrected chi connectivity index (χ4v) is 3.29. The Morgan fingerprint density at radius 2 is 1.89 bits per heavy atom. The number of fused-ring (bicyclic) bond motifs is 3. The van der Waals surface area contributed by atoms with E-state index in [4.69, 9.17) is 0 Å². The van der Waals surface area contributed by atoms with Crippen LogP contribution in [0.4, 0.5) is 5.69 Å². The van der Waals surface area contributed by atoms with E-state index in [1.54, 1.807) is 5.56 Å². The first-order chi connectivity index (χ1) is 9.31. The molecule has 0 amide bonds. The summed E-state index contributed by atoms with van der Waals surface area (Å²) < 4.78 is 0. The third-order valence-corrected chi connectivity index (χ3v) is 4.69. The molecule has 100 valence electrons. The lowest BCUT2D eigenvalue weighted by Gasteiger charge is -2.33. The number of hydrogen-bond donors (Lipinski definition) is 1. The summed E-state index contributed by atoms with van der Waals surface area (Å²) >= 11 is 0. The van der Waals surface area contributed by atoms with Crippen molar-refractivity contribution in [3.8, 4) is 0 Å². The molecule has 3 heteroatoms. The van der Waals surface area contributed by atoms with Gasteiger partial charge in [0.1, 0.15) is 0 Å². The molecule has 1 aromatic carbocycles. The Bertz CT molecular complexity index is 610. The zero-order chi connectivity index (χ0) is 12.8. The number of benzene rings is 1. The highest BCUT2D eigenvalue weighted by Crippen LogP contribution is 2.30. The van der Waals surface area contributed by atoms with E-state index in [1.807, 2.05) is 0 Å². The van der Waals surface area contributed by atoms with Crippen LogP contribution in [0.15, 0.2) is 18.2 Å². The van der Waals surface area contributed by atoms with Gasteiger partial charge in [0.25, 0.3) is 0 Å². The monoisotopic (exact) mass is 255 g/mol. The molecule has 0 aliphatic carbocycles. The van der Waals surface area contributed by atoms with E-state index in [9.17, 15) is 0 Å². The number of hydrogen-bond acceptors (Lipinski definition) is 2. The lowest BCUT2D eigenvalue weighted by Crippen LogP contribution is -2.36. The Kier molecular flexibility index (Phi) is 2.55. The van der Waals surface area contributed by atoms with Gasteiger partial charge in [-0.15, -0.1) is 0 Å². The van der Waals surface area contributed by atoms with Crippen molar-refractivity contribution in [2.24, 2.45) is 0 Å². The molecule has 0 saturated carbocycles. The molecule has 2 aromatic rings. The maximum absolute atomic E-state index is 3.67. The number of nitrogens with zero attached hydrogens (tertiary/aromatic N) is 2. The van der Waals surface area contributed by atoms with Crippen molar-refractivity contribution in [2.45, 2.75) is 19.3 Å². The highest BCUT2D eigenvalue weighted by Gasteiger charge is 2.19. The first kappa shape index (κ1) is 11.4. The Morgan fingerprint density at radius 1 is 1.05 bits per heavy atom. The summed E-state index contributed by atoms with van der Waals surface area (Å²) in [5.41, 5.74) is 5.72. The second-order valence-electron chi connectivity index (χ2n) is 5.96. The molecule has 19 heavy (non-hydrogen) atoms. The smallest absolute Gasteiger partial charge is 0.0479 e. The van der Waals surface area contributed by atoms with Crippen LogP contribution >= 0.6 is 0 Å². The summed E-state index contributed by atoms with van der Waals surface area (Å²) in [6.45, 7) is 4.78. The van der Waals surface area contributed by atoms with Crippen LogP contribution in [0.3, 0.4) is 0 Å². The summed E-state index contributed by atoms with van der Waals surface area (Å²) in [6.07, 6.45) is 3.67. The van der Waals surface area contributed by atoms with E-state index in [0.717, 1.165) is 6.42 Å². The molecule has 3 nitrogen and oxygen atoms in total. The number of aromatic amines is 1. The molecule has 2 aliphatic rings. The van der Waals surface area contributed by atoms with Crippen molar-refractivity contribution in [3.05, 3.63) is 29.5 Å². The van der Waals surface area contributed by atoms with Gasteiger partial charge in [-0.1, -0.05) is 6.07 Å². The van der Waals surface area contributed by atoms with Crippen LogP contribution in [-0.2, 0) is 12.8 Å². The van der Waals surface area contributed by atoms with Gasteiger partial charge in [-0.2, -0.15) is 0 Å². The molecule has 0 spiro atoms. The zero-order valence-electron chi connectivity index (χ0n) is 11.6. The van der Waals surface area contributed by atoms with Gasteiger partial charge in [-0.05, 0) is 37.6 Å². The second-order valence-corrected chi connectivity index (χ2v) is 5.96. The minimum atomic E-state index is 1.15. The van der Waals surface area contributed by atoms with Gasteiger partial charge in [0.05, 0.1) is 0 Å². The van der Waals surface area contributed by atoms with Crippen LogP contribution < -0.4 is 4.90 Å². The number of nitrogens with one attached hydrogen (secondary N) is 1. The summed E-state index contributed by atoms with van der Waals surface area (Å²) in [6, 6.07) is 6.96. The Labute approximate surface area is 114 Å². The molecule has 3 heterocycles. The Balaban J connectivity index is 1.76. The normalized spacial score (nSPS) is 20.2. The lowest BCUT2D eigenvalue weighted by molar-refractivity contribution is 0.352. The molecule has 2 aliphatic heterocycles. The van der Waals surface area contributed by atoms with Crippen molar-refractivity contribution >= 4 is 16.6 Å². The van der Waals surface area contributed by atoms with Crippen molar-refractivity contribution in [3.63, 3.8) is 0 Å². The topological polar surface area (TPSA) is 22.3 Å². The number of aromatic nitrogens is 1. The molecule has 1 fully saturated rings. The van der Waals surface area contributed by atoms with Crippen LogP contribution in [0.1, 0.15) is 17.7 Å². The largest absolute Gasteiger partial charge is 0.371 e. The van der Waals surface area contributed by atoms with Crippen LogP contribution in [0.5, 0.6) is 0 Å². The fourth-order valence-electron chi connectivity index (χ4n) is 3.29. The first-order valence-corrected chi connectivity index (χ1v) is 7.38. The molecule has 0 unspecified atom stereocenters. The third kappa shape index (κ3) is 1.84. The van der Waals surface area contributed by atoms with Gasteiger partial charge in [-0.25, -0.2) is 0 Å². The Hall–Kier alpha value is -1.48. The Morgan fingerprint density at radius 3 is 2.68 bits per heavy atom. The summed E-state index contributed by atoms with van der Waals surface area (Å²) in [4.78, 5) is 8.55. The van der Waals surface area contributed by atoms with Gasteiger partial charge >= 0.3 is 0 Å². The molecule has 0 bridgehead atoms. The zero-order valence-corrected chi connectivity index (χ0v) is 11.6. The highest BCUT2D eigenvalue weighted by atomic mass is 15.2. The number of H-pyrrole nitrogens is 1. The molecule has 1 N–H and O–H groups in total. The van der Waals surface area contributed by atoms with E-state index in [2.05, 4.69) is 40.0 Å². The third-order valence-electron chi connectivity index (χ3n) is 4.69. The molecule has 0 radical (unpaired) electrons. The van der Waals surface area contributed by atoms with Gasteiger partial charge in [0, 0.05) is 54.9 Å². The average molecular weight is 255 g/mol. The number of likely N-dealkylation sites (N-methyl/N-ethyl adjacent to an activating group) is 1. The average Bonchev–Trinajstić information content (AvgIpc) is 2.58. The number of anilines is 1. The minimum absolute atomic E-state index is 1.15. The molecule has 0 atom stereocenters. The molecule has 4 rings (SSSR count). The standard InChI is InChI=1S/C16H21N3/c1-18-9-5-14-13-4-3-12(19-7-2-8-19)11-16(13)17-15(14)6-10-18/h3-4,11,17H,2,5-10H2,1H3. The molecule has 1 aromatic heterocycles. The van der Waals surface area contributed by atoms with E-state index >= 15 is 0 Å². The fraction of sp³-hybridized carbons (Fsp3) is 0.500. The second kappa shape index (κ2) is 4.27. The minimum Gasteiger partial charge on any atom is -0.371 e. The first-order valence-electron chi connectivity index (χ1n) is 7.38. The van der Waals surface area contributed by atoms with Crippen LogP contribution in [0, 0.1) is 0 Å². The summed E-state index contributed by atoms with van der Waals surface area (Å²) in [5, 5.41) is 1.44. The van der Waals surface area contributed by atoms with Gasteiger partial charge in [0.2, 0.25) is 0 Å². The van der Waals surface area contributed by atoms with E-state index < -0.39 is 0 Å².